The lowest BCUT2D eigenvalue weighted by molar-refractivity contribution is -0.384. The van der Waals surface area contributed by atoms with E-state index in [9.17, 15) is 24.5 Å². The van der Waals surface area contributed by atoms with E-state index in [0.717, 1.165) is 45.2 Å². The predicted octanol–water partition coefficient (Wildman–Crippen LogP) is 1.36. The Morgan fingerprint density at radius 2 is 1.76 bits per heavy atom. The second-order valence-electron chi connectivity index (χ2n) is 7.28. The maximum absolute atomic E-state index is 12.7. The van der Waals surface area contributed by atoms with Gasteiger partial charge in [0.2, 0.25) is 5.91 Å². The van der Waals surface area contributed by atoms with Crippen molar-refractivity contribution in [3.05, 3.63) is 33.9 Å². The molecule has 2 N–H and O–H groups in total. The molecule has 156 valence electrons. The van der Waals surface area contributed by atoms with Crippen molar-refractivity contribution in [2.45, 2.75) is 38.5 Å². The van der Waals surface area contributed by atoms with E-state index in [2.05, 4.69) is 10.9 Å². The molecule has 0 unspecified atom stereocenters. The molecule has 0 bridgehead atoms. The number of likely N-dealkylation sites (tertiary alicyclic amines) is 1. The van der Waals surface area contributed by atoms with Gasteiger partial charge in [0.1, 0.15) is 6.54 Å². The number of nitro benzene ring substituents is 1. The molecular formula is C19H25N5O5. The van der Waals surface area contributed by atoms with Crippen LogP contribution in [0.25, 0.3) is 0 Å². The average Bonchev–Trinajstić information content (AvgIpc) is 3.17. The zero-order chi connectivity index (χ0) is 20.8. The Labute approximate surface area is 168 Å². The summed E-state index contributed by atoms with van der Waals surface area (Å²) in [6, 6.07) is 4.15. The van der Waals surface area contributed by atoms with Crippen LogP contribution in [0, 0.1) is 10.1 Å². The Bertz CT molecular complexity index is 806. The number of non-ortho nitro benzene ring substituents is 1. The van der Waals surface area contributed by atoms with E-state index in [0.29, 0.717) is 18.7 Å². The number of benzene rings is 1. The minimum atomic E-state index is -0.633. The lowest BCUT2D eigenvalue weighted by atomic mass is 10.1. The van der Waals surface area contributed by atoms with Crippen molar-refractivity contribution in [2.75, 3.05) is 31.1 Å². The Morgan fingerprint density at radius 3 is 2.48 bits per heavy atom. The number of hydrogen-bond acceptors (Lipinski definition) is 6. The maximum atomic E-state index is 12.7. The summed E-state index contributed by atoms with van der Waals surface area (Å²) in [6.07, 6.45) is 5.01. The van der Waals surface area contributed by atoms with E-state index in [4.69, 9.17) is 0 Å². The van der Waals surface area contributed by atoms with Gasteiger partial charge in [0.15, 0.2) is 0 Å². The Morgan fingerprint density at radius 1 is 1.03 bits per heavy atom. The molecule has 0 aliphatic carbocycles. The number of carbonyl (C=O) groups is 3. The highest BCUT2D eigenvalue weighted by atomic mass is 16.6. The van der Waals surface area contributed by atoms with Gasteiger partial charge in [0, 0.05) is 38.2 Å². The summed E-state index contributed by atoms with van der Waals surface area (Å²) in [5, 5.41) is 11.1. The first kappa shape index (κ1) is 20.6. The van der Waals surface area contributed by atoms with Crippen LogP contribution in [0.15, 0.2) is 18.2 Å². The van der Waals surface area contributed by atoms with Crippen LogP contribution in [0.3, 0.4) is 0 Å². The van der Waals surface area contributed by atoms with Gasteiger partial charge in [0.05, 0.1) is 16.2 Å². The average molecular weight is 403 g/mol. The van der Waals surface area contributed by atoms with Crippen LogP contribution in [0.4, 0.5) is 11.4 Å². The lowest BCUT2D eigenvalue weighted by Gasteiger charge is -2.22. The van der Waals surface area contributed by atoms with Crippen LogP contribution in [0.1, 0.15) is 48.9 Å². The Hall–Kier alpha value is -3.17. The summed E-state index contributed by atoms with van der Waals surface area (Å²) in [4.78, 5) is 50.9. The first-order valence-corrected chi connectivity index (χ1v) is 9.86. The van der Waals surface area contributed by atoms with E-state index in [1.54, 1.807) is 6.07 Å². The van der Waals surface area contributed by atoms with Crippen molar-refractivity contribution >= 4 is 29.1 Å². The summed E-state index contributed by atoms with van der Waals surface area (Å²) in [5.74, 6) is -1.22. The molecule has 1 aromatic carbocycles. The molecule has 0 atom stereocenters. The molecule has 0 spiro atoms. The van der Waals surface area contributed by atoms with Gasteiger partial charge in [-0.05, 0) is 31.7 Å². The molecule has 2 saturated heterocycles. The van der Waals surface area contributed by atoms with Gasteiger partial charge >= 0.3 is 0 Å². The number of nitro groups is 1. The predicted molar refractivity (Wildman–Crippen MR) is 105 cm³/mol. The van der Waals surface area contributed by atoms with Crippen molar-refractivity contribution in [1.82, 2.24) is 15.8 Å². The van der Waals surface area contributed by atoms with E-state index < -0.39 is 16.7 Å². The van der Waals surface area contributed by atoms with Crippen LogP contribution >= 0.6 is 0 Å². The van der Waals surface area contributed by atoms with E-state index >= 15 is 0 Å². The maximum Gasteiger partial charge on any atom is 0.272 e. The van der Waals surface area contributed by atoms with Crippen molar-refractivity contribution in [3.63, 3.8) is 0 Å². The molecule has 10 nitrogen and oxygen atoms in total. The summed E-state index contributed by atoms with van der Waals surface area (Å²) < 4.78 is 0. The monoisotopic (exact) mass is 403 g/mol. The summed E-state index contributed by atoms with van der Waals surface area (Å²) in [6.45, 7) is 1.92. The zero-order valence-electron chi connectivity index (χ0n) is 16.2. The van der Waals surface area contributed by atoms with Gasteiger partial charge in [-0.2, -0.15) is 0 Å². The minimum Gasteiger partial charge on any atom is -0.371 e. The highest BCUT2D eigenvalue weighted by Gasteiger charge is 2.24. The highest BCUT2D eigenvalue weighted by Crippen LogP contribution is 2.28. The van der Waals surface area contributed by atoms with Crippen LogP contribution in [-0.4, -0.2) is 53.7 Å². The molecule has 1 aromatic rings. The molecule has 29 heavy (non-hydrogen) atoms. The van der Waals surface area contributed by atoms with Crippen LogP contribution in [0.2, 0.25) is 0 Å². The lowest BCUT2D eigenvalue weighted by Crippen LogP contribution is -2.47. The molecule has 0 saturated carbocycles. The largest absolute Gasteiger partial charge is 0.371 e. The van der Waals surface area contributed by atoms with Gasteiger partial charge in [-0.3, -0.25) is 35.3 Å². The van der Waals surface area contributed by atoms with Crippen molar-refractivity contribution in [3.8, 4) is 0 Å². The van der Waals surface area contributed by atoms with Crippen LogP contribution in [0.5, 0.6) is 0 Å². The first-order valence-electron chi connectivity index (χ1n) is 9.86. The third-order valence-electron chi connectivity index (χ3n) is 5.20. The normalized spacial score (nSPS) is 17.0. The summed E-state index contributed by atoms with van der Waals surface area (Å²) in [5.41, 5.74) is 5.17. The first-order chi connectivity index (χ1) is 14.0. The molecule has 2 fully saturated rings. The van der Waals surface area contributed by atoms with Gasteiger partial charge in [0.25, 0.3) is 17.5 Å². The summed E-state index contributed by atoms with van der Waals surface area (Å²) in [7, 11) is 0. The van der Waals surface area contributed by atoms with Gasteiger partial charge in [-0.15, -0.1) is 0 Å². The number of carbonyl (C=O) groups excluding carboxylic acids is 3. The molecule has 2 aliphatic rings. The molecule has 3 rings (SSSR count). The van der Waals surface area contributed by atoms with Crippen molar-refractivity contribution < 1.29 is 19.3 Å². The fourth-order valence-corrected chi connectivity index (χ4v) is 3.67. The standard InChI is InChI=1S/C19H25N5O5/c25-17(13-23-11-3-1-2-6-18(23)26)20-21-19(27)15-12-14(24(28)29)7-8-16(15)22-9-4-5-10-22/h7-8,12H,1-6,9-11,13H2,(H,20,25)(H,21,27). The third-order valence-corrected chi connectivity index (χ3v) is 5.20. The SMILES string of the molecule is O=C(CN1CCCCCC1=O)NNC(=O)c1cc([N+](=O)[O-])ccc1N1CCCC1. The number of hydrazine groups is 1. The topological polar surface area (TPSA) is 125 Å². The fraction of sp³-hybridized carbons (Fsp3) is 0.526. The zero-order valence-corrected chi connectivity index (χ0v) is 16.2. The number of nitrogens with one attached hydrogen (secondary N) is 2. The van der Waals surface area contributed by atoms with E-state index in [-0.39, 0.29) is 23.7 Å². The van der Waals surface area contributed by atoms with Crippen molar-refractivity contribution in [2.24, 2.45) is 0 Å². The van der Waals surface area contributed by atoms with Gasteiger partial charge in [-0.25, -0.2) is 0 Å². The van der Waals surface area contributed by atoms with Gasteiger partial charge in [-0.1, -0.05) is 6.42 Å². The molecule has 2 aliphatic heterocycles. The number of anilines is 1. The smallest absolute Gasteiger partial charge is 0.272 e. The number of rotatable bonds is 5. The molecule has 3 amide bonds. The number of hydrogen-bond donors (Lipinski definition) is 2. The quantitative estimate of drug-likeness (QED) is 0.565. The van der Waals surface area contributed by atoms with E-state index in [1.165, 1.54) is 17.0 Å². The molecule has 0 aromatic heterocycles. The highest BCUT2D eigenvalue weighted by molar-refractivity contribution is 6.01. The molecule has 10 heteroatoms. The second kappa shape index (κ2) is 9.35. The number of nitrogens with zero attached hydrogens (tertiary/aromatic N) is 3. The van der Waals surface area contributed by atoms with Gasteiger partial charge < -0.3 is 9.80 Å². The third kappa shape index (κ3) is 5.21. The van der Waals surface area contributed by atoms with Crippen molar-refractivity contribution in [1.29, 1.82) is 0 Å². The second-order valence-corrected chi connectivity index (χ2v) is 7.28. The van der Waals surface area contributed by atoms with Crippen LogP contribution < -0.4 is 15.8 Å². The van der Waals surface area contributed by atoms with E-state index in [1.807, 2.05) is 4.90 Å². The molecule has 0 radical (unpaired) electrons. The number of amides is 3. The molecular weight excluding hydrogens is 378 g/mol. The Balaban J connectivity index is 1.66. The Kier molecular flexibility index (Phi) is 6.63. The minimum absolute atomic E-state index is 0.0704. The summed E-state index contributed by atoms with van der Waals surface area (Å²) >= 11 is 0. The fourth-order valence-electron chi connectivity index (χ4n) is 3.67. The van der Waals surface area contributed by atoms with Crippen LogP contribution in [-0.2, 0) is 9.59 Å². The molecule has 2 heterocycles.